The lowest BCUT2D eigenvalue weighted by Gasteiger charge is -2.30. The number of fused-ring (bicyclic) bond motifs is 2. The van der Waals surface area contributed by atoms with Crippen molar-refractivity contribution in [2.24, 2.45) is 5.73 Å². The van der Waals surface area contributed by atoms with Crippen LogP contribution in [0.15, 0.2) is 66.9 Å². The molecule has 1 aliphatic heterocycles. The number of carbonyl (C=O) groups is 2. The standard InChI is InChI=1S/C24H20ClN5O2/c25-21-20(23(26)31)19-14-29(11-12-30(19)22(21)15-5-2-1-3-6-15)24(32)28-17-8-9-18-16(13-17)7-4-10-27-18/h1-10,13H,11-12,14H2,(H2,26,31)(H,28,32). The van der Waals surface area contributed by atoms with Crippen LogP contribution >= 0.6 is 11.6 Å². The van der Waals surface area contributed by atoms with E-state index in [1.165, 1.54) is 0 Å². The number of pyridine rings is 1. The summed E-state index contributed by atoms with van der Waals surface area (Å²) in [7, 11) is 0. The van der Waals surface area contributed by atoms with Crippen molar-refractivity contribution in [2.75, 3.05) is 11.9 Å². The monoisotopic (exact) mass is 445 g/mol. The lowest BCUT2D eigenvalue weighted by molar-refractivity contribution is 0.0997. The minimum Gasteiger partial charge on any atom is -0.365 e. The summed E-state index contributed by atoms with van der Waals surface area (Å²) in [5, 5.41) is 4.20. The van der Waals surface area contributed by atoms with Crippen molar-refractivity contribution >= 4 is 40.1 Å². The number of urea groups is 1. The number of nitrogens with zero attached hydrogens (tertiary/aromatic N) is 3. The first-order chi connectivity index (χ1) is 15.5. The maximum Gasteiger partial charge on any atom is 0.322 e. The van der Waals surface area contributed by atoms with E-state index >= 15 is 0 Å². The predicted molar refractivity (Wildman–Crippen MR) is 125 cm³/mol. The number of benzene rings is 2. The fourth-order valence-corrected chi connectivity index (χ4v) is 4.60. The van der Waals surface area contributed by atoms with E-state index < -0.39 is 5.91 Å². The number of carbonyl (C=O) groups excluding carboxylic acids is 2. The van der Waals surface area contributed by atoms with Crippen LogP contribution in [0.25, 0.3) is 22.2 Å². The molecule has 3 heterocycles. The van der Waals surface area contributed by atoms with Crippen LogP contribution in [-0.4, -0.2) is 32.9 Å². The summed E-state index contributed by atoms with van der Waals surface area (Å²) < 4.78 is 1.99. The molecule has 0 fully saturated rings. The number of hydrogen-bond acceptors (Lipinski definition) is 3. The number of nitrogens with two attached hydrogens (primary N) is 1. The Morgan fingerprint density at radius 2 is 1.84 bits per heavy atom. The Morgan fingerprint density at radius 1 is 1.03 bits per heavy atom. The average Bonchev–Trinajstić information content (AvgIpc) is 3.10. The van der Waals surface area contributed by atoms with Gasteiger partial charge in [-0.05, 0) is 29.8 Å². The fraction of sp³-hybridized carbons (Fsp3) is 0.125. The number of hydrogen-bond donors (Lipinski definition) is 2. The first-order valence-electron chi connectivity index (χ1n) is 10.2. The van der Waals surface area contributed by atoms with Crippen molar-refractivity contribution in [1.29, 1.82) is 0 Å². The van der Waals surface area contributed by atoms with Gasteiger partial charge in [0.2, 0.25) is 0 Å². The van der Waals surface area contributed by atoms with Gasteiger partial charge < -0.3 is 20.5 Å². The number of anilines is 1. The van der Waals surface area contributed by atoms with Crippen LogP contribution in [0.2, 0.25) is 5.02 Å². The van der Waals surface area contributed by atoms with Crippen molar-refractivity contribution in [3.63, 3.8) is 0 Å². The zero-order chi connectivity index (χ0) is 22.2. The van der Waals surface area contributed by atoms with Gasteiger partial charge in [-0.2, -0.15) is 0 Å². The highest BCUT2D eigenvalue weighted by Crippen LogP contribution is 2.37. The van der Waals surface area contributed by atoms with Gasteiger partial charge in [-0.1, -0.05) is 48.0 Å². The topological polar surface area (TPSA) is 93.3 Å². The molecular weight excluding hydrogens is 426 g/mol. The van der Waals surface area contributed by atoms with E-state index in [9.17, 15) is 9.59 Å². The van der Waals surface area contributed by atoms with Gasteiger partial charge in [0.15, 0.2) is 0 Å². The lowest BCUT2D eigenvalue weighted by Crippen LogP contribution is -2.41. The van der Waals surface area contributed by atoms with E-state index in [1.807, 2.05) is 65.2 Å². The lowest BCUT2D eigenvalue weighted by atomic mass is 10.1. The van der Waals surface area contributed by atoms with Crippen molar-refractivity contribution < 1.29 is 9.59 Å². The van der Waals surface area contributed by atoms with Crippen LogP contribution < -0.4 is 11.1 Å². The smallest absolute Gasteiger partial charge is 0.322 e. The second-order valence-corrected chi connectivity index (χ2v) is 8.01. The van der Waals surface area contributed by atoms with Crippen LogP contribution in [0.3, 0.4) is 0 Å². The van der Waals surface area contributed by atoms with E-state index in [2.05, 4.69) is 10.3 Å². The summed E-state index contributed by atoms with van der Waals surface area (Å²) >= 11 is 6.62. The molecule has 3 amide bonds. The van der Waals surface area contributed by atoms with E-state index in [1.54, 1.807) is 11.1 Å². The summed E-state index contributed by atoms with van der Waals surface area (Å²) in [6, 6.07) is 18.7. The Balaban J connectivity index is 1.44. The summed E-state index contributed by atoms with van der Waals surface area (Å²) in [5.41, 5.74) is 9.75. The molecule has 0 aliphatic carbocycles. The molecule has 5 rings (SSSR count). The Kier molecular flexibility index (Phi) is 5.03. The molecule has 2 aromatic heterocycles. The highest BCUT2D eigenvalue weighted by Gasteiger charge is 2.31. The molecule has 7 nitrogen and oxygen atoms in total. The maximum absolute atomic E-state index is 13.0. The van der Waals surface area contributed by atoms with Gasteiger partial charge in [-0.15, -0.1) is 0 Å². The molecule has 160 valence electrons. The van der Waals surface area contributed by atoms with E-state index in [0.29, 0.717) is 29.5 Å². The van der Waals surface area contributed by atoms with Crippen LogP contribution in [0, 0.1) is 0 Å². The van der Waals surface area contributed by atoms with Crippen LogP contribution in [0.5, 0.6) is 0 Å². The first kappa shape index (κ1) is 20.1. The predicted octanol–water partition coefficient (Wildman–Crippen LogP) is 4.50. The van der Waals surface area contributed by atoms with E-state index in [0.717, 1.165) is 22.2 Å². The second kappa shape index (κ2) is 8.01. The maximum atomic E-state index is 13.0. The number of rotatable bonds is 3. The summed E-state index contributed by atoms with van der Waals surface area (Å²) in [6.07, 6.45) is 1.73. The second-order valence-electron chi connectivity index (χ2n) is 7.63. The van der Waals surface area contributed by atoms with E-state index in [4.69, 9.17) is 17.3 Å². The number of aromatic nitrogens is 2. The molecule has 0 radical (unpaired) electrons. The van der Waals surface area contributed by atoms with Gasteiger partial charge in [-0.25, -0.2) is 4.79 Å². The van der Waals surface area contributed by atoms with Crippen molar-refractivity contribution in [3.8, 4) is 11.3 Å². The summed E-state index contributed by atoms with van der Waals surface area (Å²) in [6.45, 7) is 1.20. The van der Waals surface area contributed by atoms with Gasteiger partial charge in [0.1, 0.15) is 0 Å². The fourth-order valence-electron chi connectivity index (χ4n) is 4.18. The van der Waals surface area contributed by atoms with Gasteiger partial charge in [0, 0.05) is 30.4 Å². The normalized spacial score (nSPS) is 13.1. The SMILES string of the molecule is NC(=O)c1c(Cl)c(-c2ccccc2)n2c1CN(C(=O)Nc1ccc3ncccc3c1)CC2. The van der Waals surface area contributed by atoms with Crippen molar-refractivity contribution in [3.05, 3.63) is 83.1 Å². The first-order valence-corrected chi connectivity index (χ1v) is 10.6. The highest BCUT2D eigenvalue weighted by atomic mass is 35.5. The van der Waals surface area contributed by atoms with Crippen LogP contribution in [0.1, 0.15) is 16.1 Å². The molecule has 2 aromatic carbocycles. The average molecular weight is 446 g/mol. The van der Waals surface area contributed by atoms with Crippen molar-refractivity contribution in [2.45, 2.75) is 13.1 Å². The molecule has 0 saturated heterocycles. The molecule has 0 atom stereocenters. The third-order valence-electron chi connectivity index (χ3n) is 5.68. The highest BCUT2D eigenvalue weighted by molar-refractivity contribution is 6.36. The molecule has 0 bridgehead atoms. The molecule has 0 spiro atoms. The third-order valence-corrected chi connectivity index (χ3v) is 6.05. The molecule has 4 aromatic rings. The summed E-state index contributed by atoms with van der Waals surface area (Å²) in [5.74, 6) is -0.606. The van der Waals surface area contributed by atoms with Crippen LogP contribution in [0.4, 0.5) is 10.5 Å². The van der Waals surface area contributed by atoms with Crippen molar-refractivity contribution in [1.82, 2.24) is 14.5 Å². The Hall–Kier alpha value is -3.84. The summed E-state index contributed by atoms with van der Waals surface area (Å²) in [4.78, 5) is 31.2. The minimum absolute atomic E-state index is 0.228. The molecule has 0 unspecified atom stereocenters. The molecule has 3 N–H and O–H groups in total. The molecule has 32 heavy (non-hydrogen) atoms. The van der Waals surface area contributed by atoms with Gasteiger partial charge in [-0.3, -0.25) is 9.78 Å². The Bertz CT molecular complexity index is 1350. The quantitative estimate of drug-likeness (QED) is 0.486. The molecule has 0 saturated carbocycles. The number of amides is 3. The largest absolute Gasteiger partial charge is 0.365 e. The number of nitrogens with one attached hydrogen (secondary N) is 1. The zero-order valence-electron chi connectivity index (χ0n) is 17.1. The molecule has 8 heteroatoms. The zero-order valence-corrected chi connectivity index (χ0v) is 17.8. The Labute approximate surface area is 189 Å². The number of halogens is 1. The molecule has 1 aliphatic rings. The van der Waals surface area contributed by atoms with Gasteiger partial charge in [0.05, 0.1) is 34.0 Å². The third kappa shape index (κ3) is 3.46. The van der Waals surface area contributed by atoms with Gasteiger partial charge >= 0.3 is 6.03 Å². The van der Waals surface area contributed by atoms with E-state index in [-0.39, 0.29) is 18.1 Å². The number of primary amides is 1. The minimum atomic E-state index is -0.606. The Morgan fingerprint density at radius 3 is 2.62 bits per heavy atom. The van der Waals surface area contributed by atoms with Gasteiger partial charge in [0.25, 0.3) is 5.91 Å². The molecular formula is C24H20ClN5O2. The van der Waals surface area contributed by atoms with Crippen LogP contribution in [-0.2, 0) is 13.1 Å².